The van der Waals surface area contributed by atoms with Gasteiger partial charge in [0, 0.05) is 22.3 Å². The van der Waals surface area contributed by atoms with Gasteiger partial charge in [0.2, 0.25) is 0 Å². The third-order valence-electron chi connectivity index (χ3n) is 4.73. The van der Waals surface area contributed by atoms with Crippen molar-refractivity contribution in [2.45, 2.75) is 27.7 Å². The minimum Gasteiger partial charge on any atom is -0.267 e. The fraction of sp³-hybridized carbons (Fsp3) is 0.217. The van der Waals surface area contributed by atoms with Crippen LogP contribution in [0.5, 0.6) is 0 Å². The summed E-state index contributed by atoms with van der Waals surface area (Å²) in [4.78, 5) is 25.7. The topological polar surface area (TPSA) is 87.2 Å². The number of hydrogen-bond acceptors (Lipinski definition) is 4. The second kappa shape index (κ2) is 8.22. The molecule has 0 aliphatic heterocycles. The molecule has 3 aromatic rings. The number of amides is 1. The van der Waals surface area contributed by atoms with Crippen LogP contribution in [0.4, 0.5) is 0 Å². The first-order valence-corrected chi connectivity index (χ1v) is 9.37. The van der Waals surface area contributed by atoms with Gasteiger partial charge < -0.3 is 0 Å². The van der Waals surface area contributed by atoms with Crippen LogP contribution >= 0.6 is 0 Å². The number of carbonyl (C=O) groups excluding carboxylic acids is 1. The Labute approximate surface area is 169 Å². The van der Waals surface area contributed by atoms with Crippen LogP contribution in [0, 0.1) is 5.41 Å². The van der Waals surface area contributed by atoms with Crippen LogP contribution < -0.4 is 11.0 Å². The van der Waals surface area contributed by atoms with Crippen molar-refractivity contribution in [3.05, 3.63) is 76.6 Å². The Morgan fingerprint density at radius 1 is 0.966 bits per heavy atom. The predicted molar refractivity (Wildman–Crippen MR) is 116 cm³/mol. The van der Waals surface area contributed by atoms with E-state index in [9.17, 15) is 9.59 Å². The van der Waals surface area contributed by atoms with Crippen LogP contribution in [0.15, 0.2) is 70.6 Å². The van der Waals surface area contributed by atoms with E-state index >= 15 is 0 Å². The molecule has 1 aromatic heterocycles. The molecule has 1 amide bonds. The van der Waals surface area contributed by atoms with Crippen molar-refractivity contribution in [3.63, 3.8) is 0 Å². The summed E-state index contributed by atoms with van der Waals surface area (Å²) in [5, 5.41) is 10.9. The molecule has 6 heteroatoms. The SMILES string of the molecule is C/C(=N\NC(=O)c1c(-c2ccccc2)c(-c2ccccc2)n[nH]c1=O)C(C)(C)C. The lowest BCUT2D eigenvalue weighted by Gasteiger charge is -2.18. The van der Waals surface area contributed by atoms with Crippen LogP contribution in [0.2, 0.25) is 0 Å². The first-order valence-electron chi connectivity index (χ1n) is 9.37. The zero-order valence-electron chi connectivity index (χ0n) is 17.0. The van der Waals surface area contributed by atoms with E-state index in [1.54, 1.807) is 0 Å². The van der Waals surface area contributed by atoms with E-state index < -0.39 is 11.5 Å². The van der Waals surface area contributed by atoms with Gasteiger partial charge in [-0.3, -0.25) is 9.59 Å². The molecule has 148 valence electrons. The second-order valence-corrected chi connectivity index (χ2v) is 7.77. The van der Waals surface area contributed by atoms with Crippen LogP contribution in [0.1, 0.15) is 38.1 Å². The van der Waals surface area contributed by atoms with Crippen LogP contribution in [-0.4, -0.2) is 21.8 Å². The summed E-state index contributed by atoms with van der Waals surface area (Å²) in [5.74, 6) is -0.576. The second-order valence-electron chi connectivity index (χ2n) is 7.77. The molecule has 0 fully saturated rings. The standard InChI is InChI=1S/C23H24N4O2/c1-15(23(2,3)4)24-26-21(28)19-18(16-11-7-5-8-12-16)20(25-27-22(19)29)17-13-9-6-10-14-17/h5-14H,1-4H3,(H,26,28)(H,27,29)/b24-15+. The number of aromatic amines is 1. The van der Waals surface area contributed by atoms with E-state index in [1.165, 1.54) is 0 Å². The van der Waals surface area contributed by atoms with E-state index in [1.807, 2.05) is 88.4 Å². The lowest BCUT2D eigenvalue weighted by atomic mass is 9.91. The maximum Gasteiger partial charge on any atom is 0.277 e. The quantitative estimate of drug-likeness (QED) is 0.517. The molecule has 0 saturated carbocycles. The molecule has 2 aromatic carbocycles. The molecule has 0 unspecified atom stereocenters. The zero-order valence-corrected chi connectivity index (χ0v) is 17.0. The summed E-state index contributed by atoms with van der Waals surface area (Å²) < 4.78 is 0. The Morgan fingerprint density at radius 2 is 1.52 bits per heavy atom. The van der Waals surface area contributed by atoms with Gasteiger partial charge in [-0.05, 0) is 12.5 Å². The maximum absolute atomic E-state index is 13.0. The van der Waals surface area contributed by atoms with E-state index in [0.29, 0.717) is 11.3 Å². The maximum atomic E-state index is 13.0. The van der Waals surface area contributed by atoms with Crippen molar-refractivity contribution < 1.29 is 4.79 Å². The summed E-state index contributed by atoms with van der Waals surface area (Å²) in [6, 6.07) is 18.7. The highest BCUT2D eigenvalue weighted by Crippen LogP contribution is 2.31. The van der Waals surface area contributed by atoms with Gasteiger partial charge in [-0.15, -0.1) is 0 Å². The average Bonchev–Trinajstić information content (AvgIpc) is 2.72. The van der Waals surface area contributed by atoms with Gasteiger partial charge in [0.15, 0.2) is 0 Å². The molecular formula is C23H24N4O2. The smallest absolute Gasteiger partial charge is 0.267 e. The molecule has 0 atom stereocenters. The summed E-state index contributed by atoms with van der Waals surface area (Å²) in [5.41, 5.74) is 5.03. The molecule has 3 rings (SSSR count). The molecule has 0 radical (unpaired) electrons. The van der Waals surface area contributed by atoms with Gasteiger partial charge in [0.05, 0.1) is 5.69 Å². The first kappa shape index (κ1) is 20.2. The molecule has 1 heterocycles. The third kappa shape index (κ3) is 4.48. The number of hydrazone groups is 1. The van der Waals surface area contributed by atoms with Crippen molar-refractivity contribution in [2.75, 3.05) is 0 Å². The molecule has 0 aliphatic carbocycles. The number of carbonyl (C=O) groups is 1. The van der Waals surface area contributed by atoms with Gasteiger partial charge in [-0.2, -0.15) is 10.2 Å². The number of benzene rings is 2. The van der Waals surface area contributed by atoms with Crippen LogP contribution in [0.25, 0.3) is 22.4 Å². The average molecular weight is 388 g/mol. The Morgan fingerprint density at radius 3 is 2.07 bits per heavy atom. The third-order valence-corrected chi connectivity index (χ3v) is 4.73. The lowest BCUT2D eigenvalue weighted by Crippen LogP contribution is -2.30. The Bertz CT molecular complexity index is 1100. The molecule has 0 saturated heterocycles. The molecule has 29 heavy (non-hydrogen) atoms. The van der Waals surface area contributed by atoms with E-state index in [0.717, 1.165) is 16.8 Å². The highest BCUT2D eigenvalue weighted by Gasteiger charge is 2.23. The van der Waals surface area contributed by atoms with Crippen LogP contribution in [-0.2, 0) is 0 Å². The van der Waals surface area contributed by atoms with E-state index in [2.05, 4.69) is 20.7 Å². The molecule has 0 spiro atoms. The van der Waals surface area contributed by atoms with E-state index in [-0.39, 0.29) is 11.0 Å². The summed E-state index contributed by atoms with van der Waals surface area (Å²) in [6.45, 7) is 7.84. The van der Waals surface area contributed by atoms with Gasteiger partial charge in [-0.1, -0.05) is 81.4 Å². The zero-order chi connectivity index (χ0) is 21.0. The van der Waals surface area contributed by atoms with Crippen molar-refractivity contribution in [1.82, 2.24) is 15.6 Å². The molecular weight excluding hydrogens is 364 g/mol. The summed E-state index contributed by atoms with van der Waals surface area (Å²) >= 11 is 0. The number of nitrogens with one attached hydrogen (secondary N) is 2. The van der Waals surface area contributed by atoms with Gasteiger partial charge in [0.25, 0.3) is 11.5 Å². The van der Waals surface area contributed by atoms with Gasteiger partial charge >= 0.3 is 0 Å². The minimum atomic E-state index is -0.576. The van der Waals surface area contributed by atoms with Gasteiger partial charge in [-0.25, -0.2) is 10.5 Å². The molecule has 2 N–H and O–H groups in total. The number of aromatic nitrogens is 2. The largest absolute Gasteiger partial charge is 0.277 e. The van der Waals surface area contributed by atoms with E-state index in [4.69, 9.17) is 0 Å². The minimum absolute atomic E-state index is 0.0180. The number of hydrogen-bond donors (Lipinski definition) is 2. The van der Waals surface area contributed by atoms with Crippen molar-refractivity contribution in [2.24, 2.45) is 10.5 Å². The lowest BCUT2D eigenvalue weighted by molar-refractivity contribution is 0.0953. The van der Waals surface area contributed by atoms with Crippen molar-refractivity contribution in [1.29, 1.82) is 0 Å². The highest BCUT2D eigenvalue weighted by atomic mass is 16.2. The van der Waals surface area contributed by atoms with Crippen molar-refractivity contribution in [3.8, 4) is 22.4 Å². The highest BCUT2D eigenvalue weighted by molar-refractivity contribution is 6.04. The Kier molecular flexibility index (Phi) is 5.73. The normalized spacial score (nSPS) is 11.9. The van der Waals surface area contributed by atoms with Gasteiger partial charge in [0.1, 0.15) is 5.56 Å². The first-order chi connectivity index (χ1) is 13.8. The Hall–Kier alpha value is -3.54. The monoisotopic (exact) mass is 388 g/mol. The molecule has 0 aliphatic rings. The van der Waals surface area contributed by atoms with Crippen molar-refractivity contribution >= 4 is 11.6 Å². The molecule has 6 nitrogen and oxygen atoms in total. The number of H-pyrrole nitrogens is 1. The fourth-order valence-electron chi connectivity index (χ4n) is 2.72. The fourth-order valence-corrected chi connectivity index (χ4v) is 2.72. The Balaban J connectivity index is 2.19. The predicted octanol–water partition coefficient (Wildman–Crippen LogP) is 4.26. The molecule has 0 bridgehead atoms. The summed E-state index contributed by atoms with van der Waals surface area (Å²) in [7, 11) is 0. The van der Waals surface area contributed by atoms with Crippen LogP contribution in [0.3, 0.4) is 0 Å². The summed E-state index contributed by atoms with van der Waals surface area (Å²) in [6.07, 6.45) is 0. The number of rotatable bonds is 4. The number of nitrogens with zero attached hydrogens (tertiary/aromatic N) is 2.